The molecule has 0 amide bonds. The van der Waals surface area contributed by atoms with Gasteiger partial charge in [-0.05, 0) is 57.7 Å². The molecule has 0 bridgehead atoms. The van der Waals surface area contributed by atoms with E-state index < -0.39 is 0 Å². The summed E-state index contributed by atoms with van der Waals surface area (Å²) in [5.74, 6) is 0.982. The molecule has 2 fully saturated rings. The summed E-state index contributed by atoms with van der Waals surface area (Å²) < 4.78 is 8.22. The highest BCUT2D eigenvalue weighted by atomic mass is 32.2. The molecule has 0 spiro atoms. The highest BCUT2D eigenvalue weighted by Gasteiger charge is 2.21. The van der Waals surface area contributed by atoms with Gasteiger partial charge in [-0.15, -0.1) is 0 Å². The molecule has 1 aliphatic carbocycles. The van der Waals surface area contributed by atoms with Crippen LogP contribution in [-0.2, 0) is 4.74 Å². The van der Waals surface area contributed by atoms with E-state index in [9.17, 15) is 0 Å². The van der Waals surface area contributed by atoms with Crippen molar-refractivity contribution in [3.63, 3.8) is 0 Å². The summed E-state index contributed by atoms with van der Waals surface area (Å²) in [4.78, 5) is 2.65. The van der Waals surface area contributed by atoms with Crippen molar-refractivity contribution < 1.29 is 4.74 Å². The van der Waals surface area contributed by atoms with E-state index in [1.807, 2.05) is 11.9 Å². The van der Waals surface area contributed by atoms with Gasteiger partial charge >= 0.3 is 0 Å². The van der Waals surface area contributed by atoms with Crippen molar-refractivity contribution in [2.45, 2.75) is 58.0 Å². The van der Waals surface area contributed by atoms with Gasteiger partial charge in [-0.1, -0.05) is 24.8 Å². The van der Waals surface area contributed by atoms with Crippen molar-refractivity contribution in [2.75, 3.05) is 45.6 Å². The molecule has 0 aromatic heterocycles. The standard InChI is InChI=1S/C17H34N2OS/c1-3-20-17-9-7-16(8-10-17)6-4-5-11-18-12-14-19(21-2)15-13-18/h16-17H,3-15H2,1-2H3. The van der Waals surface area contributed by atoms with Crippen LogP contribution in [0.3, 0.4) is 0 Å². The van der Waals surface area contributed by atoms with Gasteiger partial charge in [0.15, 0.2) is 0 Å². The lowest BCUT2D eigenvalue weighted by Crippen LogP contribution is -2.43. The molecule has 21 heavy (non-hydrogen) atoms. The Hall–Kier alpha value is 0.230. The summed E-state index contributed by atoms with van der Waals surface area (Å²) in [6.45, 7) is 9.33. The van der Waals surface area contributed by atoms with Gasteiger partial charge in [-0.3, -0.25) is 0 Å². The zero-order valence-electron chi connectivity index (χ0n) is 14.1. The van der Waals surface area contributed by atoms with Crippen LogP contribution in [0.2, 0.25) is 0 Å². The largest absolute Gasteiger partial charge is 0.379 e. The van der Waals surface area contributed by atoms with Crippen molar-refractivity contribution in [3.05, 3.63) is 0 Å². The topological polar surface area (TPSA) is 15.7 Å². The number of rotatable bonds is 8. The summed E-state index contributed by atoms with van der Waals surface area (Å²) >= 11 is 1.89. The SMILES string of the molecule is CCOC1CCC(CCCCN2CCN(SC)CC2)CC1. The zero-order chi connectivity index (χ0) is 14.9. The predicted molar refractivity (Wildman–Crippen MR) is 92.8 cm³/mol. The molecule has 0 N–H and O–H groups in total. The number of ether oxygens (including phenoxy) is 1. The van der Waals surface area contributed by atoms with Gasteiger partial charge in [-0.2, -0.15) is 0 Å². The van der Waals surface area contributed by atoms with Gasteiger partial charge in [0, 0.05) is 32.8 Å². The Labute approximate surface area is 135 Å². The van der Waals surface area contributed by atoms with E-state index in [1.165, 1.54) is 77.7 Å². The number of hydrogen-bond donors (Lipinski definition) is 0. The third kappa shape index (κ3) is 6.47. The lowest BCUT2D eigenvalue weighted by atomic mass is 9.84. The molecule has 1 saturated carbocycles. The fourth-order valence-corrected chi connectivity index (χ4v) is 4.26. The minimum atomic E-state index is 0.569. The van der Waals surface area contributed by atoms with E-state index in [0.29, 0.717) is 6.10 Å². The average Bonchev–Trinajstić information content (AvgIpc) is 2.54. The lowest BCUT2D eigenvalue weighted by molar-refractivity contribution is 0.0244. The Bertz CT molecular complexity index is 262. The maximum absolute atomic E-state index is 5.74. The van der Waals surface area contributed by atoms with E-state index in [1.54, 1.807) is 0 Å². The van der Waals surface area contributed by atoms with Crippen molar-refractivity contribution in [3.8, 4) is 0 Å². The van der Waals surface area contributed by atoms with Crippen LogP contribution in [0.15, 0.2) is 0 Å². The van der Waals surface area contributed by atoms with E-state index in [0.717, 1.165) is 12.5 Å². The second-order valence-electron chi connectivity index (χ2n) is 6.55. The van der Waals surface area contributed by atoms with Crippen LogP contribution in [0.5, 0.6) is 0 Å². The van der Waals surface area contributed by atoms with Gasteiger partial charge in [0.1, 0.15) is 0 Å². The predicted octanol–water partition coefficient (Wildman–Crippen LogP) is 3.65. The average molecular weight is 315 g/mol. The molecule has 0 radical (unpaired) electrons. The van der Waals surface area contributed by atoms with Crippen molar-refractivity contribution in [2.24, 2.45) is 5.92 Å². The van der Waals surface area contributed by atoms with Gasteiger partial charge < -0.3 is 9.64 Å². The second kappa shape index (κ2) is 10.1. The summed E-state index contributed by atoms with van der Waals surface area (Å²) in [6.07, 6.45) is 12.4. The Morgan fingerprint density at radius 3 is 2.33 bits per heavy atom. The first-order valence-electron chi connectivity index (χ1n) is 8.94. The van der Waals surface area contributed by atoms with Gasteiger partial charge in [0.25, 0.3) is 0 Å². The molecule has 0 unspecified atom stereocenters. The van der Waals surface area contributed by atoms with Crippen LogP contribution in [0.25, 0.3) is 0 Å². The molecule has 2 rings (SSSR count). The maximum Gasteiger partial charge on any atom is 0.0575 e. The molecule has 124 valence electrons. The molecular weight excluding hydrogens is 280 g/mol. The number of nitrogens with zero attached hydrogens (tertiary/aromatic N) is 2. The summed E-state index contributed by atoms with van der Waals surface area (Å²) in [5.41, 5.74) is 0. The van der Waals surface area contributed by atoms with Crippen molar-refractivity contribution in [1.29, 1.82) is 0 Å². The summed E-state index contributed by atoms with van der Waals surface area (Å²) in [7, 11) is 0. The van der Waals surface area contributed by atoms with E-state index in [2.05, 4.69) is 22.4 Å². The second-order valence-corrected chi connectivity index (χ2v) is 7.43. The van der Waals surface area contributed by atoms with E-state index in [4.69, 9.17) is 4.74 Å². The molecule has 1 saturated heterocycles. The highest BCUT2D eigenvalue weighted by molar-refractivity contribution is 7.96. The van der Waals surface area contributed by atoms with Gasteiger partial charge in [-0.25, -0.2) is 4.31 Å². The first-order chi connectivity index (χ1) is 10.3. The monoisotopic (exact) mass is 314 g/mol. The summed E-state index contributed by atoms with van der Waals surface area (Å²) in [5, 5.41) is 0. The Balaban J connectivity index is 1.47. The molecule has 0 atom stereocenters. The maximum atomic E-state index is 5.74. The first-order valence-corrected chi connectivity index (χ1v) is 10.1. The molecule has 3 nitrogen and oxygen atoms in total. The Morgan fingerprint density at radius 2 is 1.71 bits per heavy atom. The molecule has 1 aliphatic heterocycles. The molecule has 0 aromatic carbocycles. The van der Waals surface area contributed by atoms with Crippen LogP contribution < -0.4 is 0 Å². The van der Waals surface area contributed by atoms with Crippen LogP contribution in [0, 0.1) is 5.92 Å². The first kappa shape index (κ1) is 17.6. The van der Waals surface area contributed by atoms with Crippen molar-refractivity contribution in [1.82, 2.24) is 9.21 Å². The third-order valence-electron chi connectivity index (χ3n) is 5.12. The third-order valence-corrected chi connectivity index (χ3v) is 6.00. The molecule has 1 heterocycles. The summed E-state index contributed by atoms with van der Waals surface area (Å²) in [6, 6.07) is 0. The van der Waals surface area contributed by atoms with Gasteiger partial charge in [0.05, 0.1) is 6.10 Å². The number of hydrogen-bond acceptors (Lipinski definition) is 4. The number of piperazine rings is 1. The molecule has 0 aromatic rings. The quantitative estimate of drug-likeness (QED) is 0.502. The Kier molecular flexibility index (Phi) is 8.45. The van der Waals surface area contributed by atoms with E-state index >= 15 is 0 Å². The normalized spacial score (nSPS) is 28.9. The van der Waals surface area contributed by atoms with E-state index in [-0.39, 0.29) is 0 Å². The fourth-order valence-electron chi connectivity index (χ4n) is 3.73. The zero-order valence-corrected chi connectivity index (χ0v) is 14.9. The number of unbranched alkanes of at least 4 members (excludes halogenated alkanes) is 1. The van der Waals surface area contributed by atoms with Crippen LogP contribution in [-0.4, -0.2) is 60.9 Å². The van der Waals surface area contributed by atoms with Gasteiger partial charge in [0.2, 0.25) is 0 Å². The Morgan fingerprint density at radius 1 is 1.00 bits per heavy atom. The molecule has 2 aliphatic rings. The van der Waals surface area contributed by atoms with Crippen molar-refractivity contribution >= 4 is 11.9 Å². The minimum Gasteiger partial charge on any atom is -0.379 e. The molecular formula is C17H34N2OS. The highest BCUT2D eigenvalue weighted by Crippen LogP contribution is 2.29. The van der Waals surface area contributed by atoms with Crippen LogP contribution in [0.1, 0.15) is 51.9 Å². The minimum absolute atomic E-state index is 0.569. The molecule has 4 heteroatoms. The fraction of sp³-hybridized carbons (Fsp3) is 1.00. The lowest BCUT2D eigenvalue weighted by Gasteiger charge is -2.33. The van der Waals surface area contributed by atoms with Crippen LogP contribution in [0.4, 0.5) is 0 Å². The van der Waals surface area contributed by atoms with Crippen LogP contribution >= 0.6 is 11.9 Å². The smallest absolute Gasteiger partial charge is 0.0575 e.